The molecule has 0 saturated carbocycles. The third-order valence-electron chi connectivity index (χ3n) is 4.76. The molecule has 0 aliphatic carbocycles. The molecule has 3 aromatic rings. The number of aromatic amines is 1. The summed E-state index contributed by atoms with van der Waals surface area (Å²) in [7, 11) is 1.77. The van der Waals surface area contributed by atoms with Gasteiger partial charge in [-0.3, -0.25) is 14.5 Å². The second-order valence-corrected chi connectivity index (χ2v) is 7.48. The number of aromatic nitrogens is 3. The lowest BCUT2D eigenvalue weighted by Crippen LogP contribution is -2.29. The number of ether oxygens (including phenoxy) is 1. The molecule has 0 spiro atoms. The predicted octanol–water partition coefficient (Wildman–Crippen LogP) is 4.37. The Labute approximate surface area is 180 Å². The predicted molar refractivity (Wildman–Crippen MR) is 116 cm³/mol. The van der Waals surface area contributed by atoms with E-state index in [2.05, 4.69) is 10.2 Å². The number of aryl methyl sites for hydroxylation is 1. The minimum absolute atomic E-state index is 0.0229. The molecule has 0 fully saturated rings. The molecule has 158 valence electrons. The highest BCUT2D eigenvalue weighted by Crippen LogP contribution is 2.18. The summed E-state index contributed by atoms with van der Waals surface area (Å²) in [5.74, 6) is 1.07. The van der Waals surface area contributed by atoms with Gasteiger partial charge < -0.3 is 9.64 Å². The van der Waals surface area contributed by atoms with Crippen molar-refractivity contribution in [1.29, 1.82) is 0 Å². The quantitative estimate of drug-likeness (QED) is 0.406. The van der Waals surface area contributed by atoms with Crippen LogP contribution in [-0.4, -0.2) is 45.8 Å². The van der Waals surface area contributed by atoms with Crippen molar-refractivity contribution in [3.8, 4) is 17.1 Å². The average molecular weight is 429 g/mol. The number of carbonyl (C=O) groups excluding carboxylic acids is 1. The van der Waals surface area contributed by atoms with E-state index in [1.807, 2.05) is 35.8 Å². The van der Waals surface area contributed by atoms with Crippen LogP contribution in [0.1, 0.15) is 18.4 Å². The Kier molecular flexibility index (Phi) is 7.35. The number of amides is 1. The zero-order valence-corrected chi connectivity index (χ0v) is 17.9. The number of nitrogens with one attached hydrogen (secondary N) is 1. The lowest BCUT2D eigenvalue weighted by molar-refractivity contribution is -0.130. The van der Waals surface area contributed by atoms with E-state index in [1.54, 1.807) is 24.1 Å². The Bertz CT molecular complexity index is 1030. The van der Waals surface area contributed by atoms with E-state index >= 15 is 0 Å². The molecule has 8 heteroatoms. The summed E-state index contributed by atoms with van der Waals surface area (Å²) in [5, 5.41) is 7.13. The third-order valence-corrected chi connectivity index (χ3v) is 5.07. The van der Waals surface area contributed by atoms with Gasteiger partial charge in [0.25, 0.3) is 0 Å². The van der Waals surface area contributed by atoms with Crippen LogP contribution in [0.15, 0.2) is 48.5 Å². The van der Waals surface area contributed by atoms with Crippen LogP contribution in [0.4, 0.5) is 4.39 Å². The Hall–Kier alpha value is -3.00. The molecule has 0 saturated heterocycles. The van der Waals surface area contributed by atoms with Gasteiger partial charge in [0.05, 0.1) is 6.61 Å². The second kappa shape index (κ2) is 10.2. The van der Waals surface area contributed by atoms with Gasteiger partial charge in [0.2, 0.25) is 5.91 Å². The van der Waals surface area contributed by atoms with Gasteiger partial charge in [-0.1, -0.05) is 29.8 Å². The first kappa shape index (κ1) is 21.7. The summed E-state index contributed by atoms with van der Waals surface area (Å²) < 4.78 is 20.8. The van der Waals surface area contributed by atoms with Gasteiger partial charge in [0.15, 0.2) is 10.6 Å². The molecule has 6 nitrogen and oxygen atoms in total. The van der Waals surface area contributed by atoms with Crippen molar-refractivity contribution in [2.75, 3.05) is 20.2 Å². The van der Waals surface area contributed by atoms with Crippen molar-refractivity contribution >= 4 is 18.1 Å². The van der Waals surface area contributed by atoms with Gasteiger partial charge in [-0.15, -0.1) is 0 Å². The van der Waals surface area contributed by atoms with E-state index in [-0.39, 0.29) is 11.7 Å². The second-order valence-electron chi connectivity index (χ2n) is 7.09. The maximum atomic E-state index is 12.9. The van der Waals surface area contributed by atoms with Crippen molar-refractivity contribution in [3.05, 3.63) is 64.7 Å². The summed E-state index contributed by atoms with van der Waals surface area (Å²) in [5.41, 5.74) is 2.12. The van der Waals surface area contributed by atoms with Crippen molar-refractivity contribution in [1.82, 2.24) is 19.7 Å². The first-order valence-electron chi connectivity index (χ1n) is 9.78. The van der Waals surface area contributed by atoms with Gasteiger partial charge in [0, 0.05) is 32.1 Å². The van der Waals surface area contributed by atoms with Gasteiger partial charge in [-0.05, 0) is 49.8 Å². The smallest absolute Gasteiger partial charge is 0.224 e. The van der Waals surface area contributed by atoms with E-state index in [9.17, 15) is 9.18 Å². The molecule has 0 bridgehead atoms. The highest BCUT2D eigenvalue weighted by molar-refractivity contribution is 7.71. The summed E-state index contributed by atoms with van der Waals surface area (Å²) in [6.07, 6.45) is 1.00. The Morgan fingerprint density at radius 1 is 1.20 bits per heavy atom. The van der Waals surface area contributed by atoms with E-state index in [4.69, 9.17) is 17.0 Å². The first-order valence-corrected chi connectivity index (χ1v) is 10.2. The molecule has 0 aliphatic rings. The number of rotatable bonds is 9. The highest BCUT2D eigenvalue weighted by Gasteiger charge is 2.13. The standard InChI is InChI=1S/C22H25FN4O2S/c1-16-4-6-17(7-5-16)21-24-25-22(30)27(21)14-12-20(28)26(2)13-3-15-29-19-10-8-18(23)9-11-19/h4-11H,3,12-15H2,1-2H3,(H,25,30). The SMILES string of the molecule is Cc1ccc(-c2n[nH]c(=S)n2CCC(=O)N(C)CCCOc2ccc(F)cc2)cc1. The normalized spacial score (nSPS) is 10.8. The lowest BCUT2D eigenvalue weighted by atomic mass is 10.1. The Morgan fingerprint density at radius 2 is 1.90 bits per heavy atom. The molecular formula is C22H25FN4O2S. The molecule has 1 N–H and O–H groups in total. The van der Waals surface area contributed by atoms with Crippen molar-refractivity contribution in [2.24, 2.45) is 0 Å². The highest BCUT2D eigenvalue weighted by atomic mass is 32.1. The van der Waals surface area contributed by atoms with Crippen molar-refractivity contribution < 1.29 is 13.9 Å². The summed E-state index contributed by atoms with van der Waals surface area (Å²) in [6.45, 7) is 3.50. The number of hydrogen-bond acceptors (Lipinski definition) is 4. The summed E-state index contributed by atoms with van der Waals surface area (Å²) >= 11 is 5.34. The number of hydrogen-bond donors (Lipinski definition) is 1. The van der Waals surface area contributed by atoms with Crippen LogP contribution in [0, 0.1) is 17.5 Å². The van der Waals surface area contributed by atoms with Crippen LogP contribution in [0.3, 0.4) is 0 Å². The molecule has 0 unspecified atom stereocenters. The fraction of sp³-hybridized carbons (Fsp3) is 0.318. The van der Waals surface area contributed by atoms with Crippen LogP contribution >= 0.6 is 12.2 Å². The van der Waals surface area contributed by atoms with Crippen LogP contribution in [-0.2, 0) is 11.3 Å². The monoisotopic (exact) mass is 428 g/mol. The molecule has 3 rings (SSSR count). The zero-order chi connectivity index (χ0) is 21.5. The van der Waals surface area contributed by atoms with E-state index in [1.165, 1.54) is 17.7 Å². The number of carbonyl (C=O) groups is 1. The van der Waals surface area contributed by atoms with Crippen molar-refractivity contribution in [3.63, 3.8) is 0 Å². The van der Waals surface area contributed by atoms with Crippen LogP contribution < -0.4 is 4.74 Å². The maximum absolute atomic E-state index is 12.9. The van der Waals surface area contributed by atoms with Gasteiger partial charge in [-0.25, -0.2) is 4.39 Å². The minimum Gasteiger partial charge on any atom is -0.494 e. The van der Waals surface area contributed by atoms with Crippen LogP contribution in [0.2, 0.25) is 0 Å². The van der Waals surface area contributed by atoms with Crippen LogP contribution in [0.25, 0.3) is 11.4 Å². The summed E-state index contributed by atoms with van der Waals surface area (Å²) in [4.78, 5) is 14.2. The largest absolute Gasteiger partial charge is 0.494 e. The first-order chi connectivity index (χ1) is 14.4. The summed E-state index contributed by atoms with van der Waals surface area (Å²) in [6, 6.07) is 13.9. The lowest BCUT2D eigenvalue weighted by Gasteiger charge is -2.17. The van der Waals surface area contributed by atoms with Gasteiger partial charge in [0.1, 0.15) is 11.6 Å². The molecule has 1 heterocycles. The number of H-pyrrole nitrogens is 1. The van der Waals surface area contributed by atoms with Crippen molar-refractivity contribution in [2.45, 2.75) is 26.3 Å². The topological polar surface area (TPSA) is 63.2 Å². The van der Waals surface area contributed by atoms with E-state index in [0.717, 1.165) is 11.4 Å². The Balaban J connectivity index is 1.48. The molecule has 1 aromatic heterocycles. The van der Waals surface area contributed by atoms with E-state index in [0.29, 0.717) is 43.1 Å². The Morgan fingerprint density at radius 3 is 2.60 bits per heavy atom. The molecule has 0 radical (unpaired) electrons. The number of nitrogens with zero attached hydrogens (tertiary/aromatic N) is 3. The molecule has 30 heavy (non-hydrogen) atoms. The molecule has 2 aromatic carbocycles. The third kappa shape index (κ3) is 5.76. The van der Waals surface area contributed by atoms with Gasteiger partial charge in [-0.2, -0.15) is 5.10 Å². The molecular weight excluding hydrogens is 403 g/mol. The minimum atomic E-state index is -0.295. The fourth-order valence-corrected chi connectivity index (χ4v) is 3.22. The number of halogens is 1. The molecule has 0 atom stereocenters. The average Bonchev–Trinajstić information content (AvgIpc) is 3.11. The van der Waals surface area contributed by atoms with E-state index < -0.39 is 0 Å². The van der Waals surface area contributed by atoms with Crippen LogP contribution in [0.5, 0.6) is 5.75 Å². The maximum Gasteiger partial charge on any atom is 0.224 e. The molecule has 0 aliphatic heterocycles. The fourth-order valence-electron chi connectivity index (χ4n) is 2.99. The number of benzene rings is 2. The molecule has 1 amide bonds. The van der Waals surface area contributed by atoms with Gasteiger partial charge >= 0.3 is 0 Å². The zero-order valence-electron chi connectivity index (χ0n) is 17.1.